The number of aromatic nitrogens is 2. The van der Waals surface area contributed by atoms with Gasteiger partial charge >= 0.3 is 5.69 Å². The molecule has 1 aromatic heterocycles. The summed E-state index contributed by atoms with van der Waals surface area (Å²) in [6, 6.07) is 20.1. The molecule has 0 unspecified atom stereocenters. The zero-order valence-electron chi connectivity index (χ0n) is 18.7. The Hall–Kier alpha value is -4.62. The van der Waals surface area contributed by atoms with Crippen LogP contribution in [0.2, 0.25) is 0 Å². The van der Waals surface area contributed by atoms with Gasteiger partial charge in [0.2, 0.25) is 9.84 Å². The zero-order chi connectivity index (χ0) is 25.2. The Bertz CT molecular complexity index is 1650. The van der Waals surface area contributed by atoms with E-state index in [0.717, 1.165) is 11.6 Å². The number of nitriles is 1. The standard InChI is InChI=1S/C25H19N3O6S/c1-16-8-6-7-11-20(16)34-21-13-19(22(33-2)12-17(21)15-26)28-24(29)14-23(27-25(28)30)35(31,32)18-9-4-3-5-10-18/h3-14H,1-2H3,(H,27,30). The number of sulfone groups is 1. The SMILES string of the molecule is COc1cc(C#N)c(Oc2ccccc2C)cc1-n1c(=O)cc(S(=O)(=O)c2ccccc2)[nH]c1=O. The maximum absolute atomic E-state index is 13.0. The van der Waals surface area contributed by atoms with Crippen LogP contribution in [0.5, 0.6) is 17.2 Å². The molecule has 0 radical (unpaired) electrons. The molecule has 0 fully saturated rings. The van der Waals surface area contributed by atoms with Crippen LogP contribution in [-0.4, -0.2) is 25.1 Å². The fourth-order valence-corrected chi connectivity index (χ4v) is 4.67. The van der Waals surface area contributed by atoms with Gasteiger partial charge in [-0.25, -0.2) is 17.8 Å². The van der Waals surface area contributed by atoms with Gasteiger partial charge in [0, 0.05) is 18.2 Å². The van der Waals surface area contributed by atoms with E-state index in [1.807, 2.05) is 25.1 Å². The summed E-state index contributed by atoms with van der Waals surface area (Å²) < 4.78 is 37.7. The lowest BCUT2D eigenvalue weighted by atomic mass is 10.1. The summed E-state index contributed by atoms with van der Waals surface area (Å²) in [6.07, 6.45) is 0. The van der Waals surface area contributed by atoms with Crippen LogP contribution in [0, 0.1) is 18.3 Å². The molecule has 35 heavy (non-hydrogen) atoms. The zero-order valence-corrected chi connectivity index (χ0v) is 19.5. The van der Waals surface area contributed by atoms with Crippen LogP contribution in [-0.2, 0) is 9.84 Å². The van der Waals surface area contributed by atoms with Gasteiger partial charge in [0.05, 0.1) is 23.3 Å². The molecule has 0 spiro atoms. The number of hydrogen-bond donors (Lipinski definition) is 1. The van der Waals surface area contributed by atoms with Crippen molar-refractivity contribution in [1.82, 2.24) is 9.55 Å². The fraction of sp³-hybridized carbons (Fsp3) is 0.0800. The van der Waals surface area contributed by atoms with E-state index in [1.54, 1.807) is 18.2 Å². The maximum atomic E-state index is 13.0. The second kappa shape index (κ2) is 9.32. The Kier molecular flexibility index (Phi) is 6.27. The molecule has 0 amide bonds. The van der Waals surface area contributed by atoms with Gasteiger partial charge in [0.15, 0.2) is 0 Å². The third kappa shape index (κ3) is 4.45. The molecule has 10 heteroatoms. The Balaban J connectivity index is 1.88. The van der Waals surface area contributed by atoms with Crippen molar-refractivity contribution in [2.45, 2.75) is 16.8 Å². The van der Waals surface area contributed by atoms with Gasteiger partial charge in [-0.05, 0) is 30.7 Å². The Morgan fingerprint density at radius 3 is 2.23 bits per heavy atom. The van der Waals surface area contributed by atoms with Gasteiger partial charge in [0.25, 0.3) is 5.56 Å². The second-order valence-electron chi connectivity index (χ2n) is 7.43. The van der Waals surface area contributed by atoms with Crippen molar-refractivity contribution in [2.75, 3.05) is 7.11 Å². The monoisotopic (exact) mass is 489 g/mol. The number of nitrogens with zero attached hydrogens (tertiary/aromatic N) is 2. The minimum Gasteiger partial charge on any atom is -0.495 e. The molecular weight excluding hydrogens is 470 g/mol. The van der Waals surface area contributed by atoms with Crippen LogP contribution >= 0.6 is 0 Å². The summed E-state index contributed by atoms with van der Waals surface area (Å²) >= 11 is 0. The molecular formula is C25H19N3O6S. The molecule has 0 aliphatic rings. The summed E-state index contributed by atoms with van der Waals surface area (Å²) in [5.74, 6) is 0.612. The lowest BCUT2D eigenvalue weighted by Crippen LogP contribution is -2.35. The number of ether oxygens (including phenoxy) is 2. The van der Waals surface area contributed by atoms with Crippen LogP contribution in [0.1, 0.15) is 11.1 Å². The molecule has 1 N–H and O–H groups in total. The van der Waals surface area contributed by atoms with Crippen molar-refractivity contribution < 1.29 is 17.9 Å². The highest BCUT2D eigenvalue weighted by molar-refractivity contribution is 7.91. The summed E-state index contributed by atoms with van der Waals surface area (Å²) in [6.45, 7) is 1.83. The summed E-state index contributed by atoms with van der Waals surface area (Å²) in [7, 11) is -2.82. The van der Waals surface area contributed by atoms with Gasteiger partial charge in [-0.1, -0.05) is 36.4 Å². The minimum absolute atomic E-state index is 0.0232. The van der Waals surface area contributed by atoms with Gasteiger partial charge in [-0.15, -0.1) is 0 Å². The van der Waals surface area contributed by atoms with Crippen molar-refractivity contribution in [3.63, 3.8) is 0 Å². The maximum Gasteiger partial charge on any atom is 0.334 e. The van der Waals surface area contributed by atoms with Crippen molar-refractivity contribution >= 4 is 9.84 Å². The van der Waals surface area contributed by atoms with Gasteiger partial charge < -0.3 is 9.47 Å². The molecule has 0 aliphatic carbocycles. The molecule has 0 bridgehead atoms. The molecule has 176 valence electrons. The smallest absolute Gasteiger partial charge is 0.334 e. The van der Waals surface area contributed by atoms with E-state index < -0.39 is 26.1 Å². The number of hydrogen-bond acceptors (Lipinski definition) is 7. The number of methoxy groups -OCH3 is 1. The predicted molar refractivity (Wildman–Crippen MR) is 127 cm³/mol. The molecule has 0 saturated heterocycles. The third-order valence-corrected chi connectivity index (χ3v) is 6.90. The van der Waals surface area contributed by atoms with Crippen molar-refractivity contribution in [2.24, 2.45) is 0 Å². The molecule has 9 nitrogen and oxygen atoms in total. The highest BCUT2D eigenvalue weighted by atomic mass is 32.2. The summed E-state index contributed by atoms with van der Waals surface area (Å²) in [5.41, 5.74) is -1.02. The van der Waals surface area contributed by atoms with Crippen LogP contribution in [0.25, 0.3) is 5.69 Å². The normalized spacial score (nSPS) is 11.0. The van der Waals surface area contributed by atoms with Gasteiger partial charge in [0.1, 0.15) is 28.3 Å². The number of rotatable bonds is 6. The van der Waals surface area contributed by atoms with Crippen molar-refractivity contribution in [3.8, 4) is 29.0 Å². The first-order valence-corrected chi connectivity index (χ1v) is 11.8. The second-order valence-corrected chi connectivity index (χ2v) is 9.35. The molecule has 0 aliphatic heterocycles. The third-order valence-electron chi connectivity index (χ3n) is 5.21. The van der Waals surface area contributed by atoms with E-state index >= 15 is 0 Å². The van der Waals surface area contributed by atoms with Crippen LogP contribution in [0.15, 0.2) is 92.3 Å². The van der Waals surface area contributed by atoms with Crippen LogP contribution in [0.4, 0.5) is 0 Å². The van der Waals surface area contributed by atoms with E-state index in [1.165, 1.54) is 43.5 Å². The van der Waals surface area contributed by atoms with E-state index in [9.17, 15) is 23.3 Å². The predicted octanol–water partition coefficient (Wildman–Crippen LogP) is 3.34. The van der Waals surface area contributed by atoms with E-state index in [2.05, 4.69) is 4.98 Å². The molecule has 1 heterocycles. The van der Waals surface area contributed by atoms with Crippen molar-refractivity contribution in [1.29, 1.82) is 5.26 Å². The lowest BCUT2D eigenvalue weighted by Gasteiger charge is -2.15. The van der Waals surface area contributed by atoms with Gasteiger partial charge in [-0.2, -0.15) is 5.26 Å². The lowest BCUT2D eigenvalue weighted by molar-refractivity contribution is 0.409. The quantitative estimate of drug-likeness (QED) is 0.411. The molecule has 3 aromatic carbocycles. The number of nitrogens with one attached hydrogen (secondary N) is 1. The first-order valence-electron chi connectivity index (χ1n) is 10.3. The highest BCUT2D eigenvalue weighted by Crippen LogP contribution is 2.34. The summed E-state index contributed by atoms with van der Waals surface area (Å²) in [5, 5.41) is 9.06. The van der Waals surface area contributed by atoms with E-state index in [-0.39, 0.29) is 27.6 Å². The number of benzene rings is 3. The highest BCUT2D eigenvalue weighted by Gasteiger charge is 2.23. The van der Waals surface area contributed by atoms with Gasteiger partial charge in [-0.3, -0.25) is 9.78 Å². The van der Waals surface area contributed by atoms with E-state index in [4.69, 9.17) is 9.47 Å². The topological polar surface area (TPSA) is 131 Å². The average molecular weight is 490 g/mol. The Morgan fingerprint density at radius 2 is 1.60 bits per heavy atom. The van der Waals surface area contributed by atoms with Crippen LogP contribution in [0.3, 0.4) is 0 Å². The molecule has 4 rings (SSSR count). The number of H-pyrrole nitrogens is 1. The average Bonchev–Trinajstić information content (AvgIpc) is 2.85. The first kappa shape index (κ1) is 23.5. The molecule has 4 aromatic rings. The van der Waals surface area contributed by atoms with E-state index in [0.29, 0.717) is 10.3 Å². The number of aryl methyl sites for hydroxylation is 1. The van der Waals surface area contributed by atoms with Crippen LogP contribution < -0.4 is 20.7 Å². The number of aromatic amines is 1. The first-order chi connectivity index (χ1) is 16.8. The Morgan fingerprint density at radius 1 is 0.914 bits per heavy atom. The molecule has 0 saturated carbocycles. The minimum atomic E-state index is -4.13. The number of para-hydroxylation sites is 1. The van der Waals surface area contributed by atoms with Crippen molar-refractivity contribution in [3.05, 3.63) is 105 Å². The summed E-state index contributed by atoms with van der Waals surface area (Å²) in [4.78, 5) is 28.2. The largest absolute Gasteiger partial charge is 0.495 e. The Labute approximate surface area is 200 Å². The fourth-order valence-electron chi connectivity index (χ4n) is 3.42. The molecule has 0 atom stereocenters.